The molecule has 0 fully saturated rings. The molecule has 3 rings (SSSR count). The lowest BCUT2D eigenvalue weighted by Gasteiger charge is -2.08. The van der Waals surface area contributed by atoms with Crippen LogP contribution in [0.3, 0.4) is 0 Å². The number of aromatic nitrogens is 1. The molecule has 0 bridgehead atoms. The fourth-order valence-corrected chi connectivity index (χ4v) is 2.40. The monoisotopic (exact) mass is 342 g/mol. The molecule has 0 amide bonds. The third kappa shape index (κ3) is 2.86. The topological polar surface area (TPSA) is 45.9 Å². The SMILES string of the molecule is N#Cc1cc2ccccc2nc1Oc1cc(F)cc(Br)c1. The van der Waals surface area contributed by atoms with Crippen LogP contribution in [0.2, 0.25) is 0 Å². The molecule has 0 atom stereocenters. The average Bonchev–Trinajstić information content (AvgIpc) is 2.45. The van der Waals surface area contributed by atoms with Crippen molar-refractivity contribution in [3.63, 3.8) is 0 Å². The molecular formula is C16H8BrFN2O. The smallest absolute Gasteiger partial charge is 0.237 e. The Kier molecular flexibility index (Phi) is 3.55. The van der Waals surface area contributed by atoms with Crippen molar-refractivity contribution in [1.29, 1.82) is 5.26 Å². The van der Waals surface area contributed by atoms with Crippen LogP contribution >= 0.6 is 15.9 Å². The van der Waals surface area contributed by atoms with E-state index in [-0.39, 0.29) is 11.6 Å². The van der Waals surface area contributed by atoms with Crippen molar-refractivity contribution in [3.05, 3.63) is 64.4 Å². The summed E-state index contributed by atoms with van der Waals surface area (Å²) in [6, 6.07) is 15.3. The Labute approximate surface area is 128 Å². The first kappa shape index (κ1) is 13.5. The van der Waals surface area contributed by atoms with E-state index in [1.54, 1.807) is 12.1 Å². The lowest BCUT2D eigenvalue weighted by molar-refractivity contribution is 0.458. The minimum atomic E-state index is -0.432. The predicted molar refractivity (Wildman–Crippen MR) is 80.6 cm³/mol. The highest BCUT2D eigenvalue weighted by molar-refractivity contribution is 9.10. The van der Waals surface area contributed by atoms with Gasteiger partial charge in [-0.1, -0.05) is 34.1 Å². The number of nitriles is 1. The molecule has 0 radical (unpaired) electrons. The Balaban J connectivity index is 2.09. The molecule has 0 aliphatic heterocycles. The molecule has 3 nitrogen and oxygen atoms in total. The van der Waals surface area contributed by atoms with Crippen molar-refractivity contribution < 1.29 is 9.13 Å². The number of rotatable bonds is 2. The van der Waals surface area contributed by atoms with Gasteiger partial charge in [0.2, 0.25) is 5.88 Å². The van der Waals surface area contributed by atoms with Crippen molar-refractivity contribution in [3.8, 4) is 17.7 Å². The Hall–Kier alpha value is -2.45. The fraction of sp³-hybridized carbons (Fsp3) is 0. The van der Waals surface area contributed by atoms with Crippen LogP contribution < -0.4 is 4.74 Å². The highest BCUT2D eigenvalue weighted by Crippen LogP contribution is 2.28. The molecule has 5 heteroatoms. The van der Waals surface area contributed by atoms with Crippen LogP contribution in [-0.4, -0.2) is 4.98 Å². The van der Waals surface area contributed by atoms with E-state index in [2.05, 4.69) is 20.9 Å². The van der Waals surface area contributed by atoms with Gasteiger partial charge in [-0.2, -0.15) is 5.26 Å². The zero-order chi connectivity index (χ0) is 14.8. The highest BCUT2D eigenvalue weighted by atomic mass is 79.9. The number of hydrogen-bond donors (Lipinski definition) is 0. The van der Waals surface area contributed by atoms with Crippen molar-refractivity contribution in [1.82, 2.24) is 4.98 Å². The summed E-state index contributed by atoms with van der Waals surface area (Å²) in [7, 11) is 0. The van der Waals surface area contributed by atoms with Gasteiger partial charge in [-0.05, 0) is 24.3 Å². The first-order valence-electron chi connectivity index (χ1n) is 6.09. The van der Waals surface area contributed by atoms with E-state index < -0.39 is 5.82 Å². The number of pyridine rings is 1. The van der Waals surface area contributed by atoms with Crippen molar-refractivity contribution in [2.24, 2.45) is 0 Å². The highest BCUT2D eigenvalue weighted by Gasteiger charge is 2.10. The molecule has 2 aromatic carbocycles. The molecule has 0 spiro atoms. The maximum absolute atomic E-state index is 13.4. The van der Waals surface area contributed by atoms with Crippen molar-refractivity contribution in [2.45, 2.75) is 0 Å². The summed E-state index contributed by atoms with van der Waals surface area (Å²) in [6.45, 7) is 0. The third-order valence-corrected chi connectivity index (χ3v) is 3.32. The Bertz CT molecular complexity index is 854. The van der Waals surface area contributed by atoms with E-state index in [1.807, 2.05) is 30.3 Å². The predicted octanol–water partition coefficient (Wildman–Crippen LogP) is 4.80. The number of halogens is 2. The van der Waals surface area contributed by atoms with Gasteiger partial charge in [-0.15, -0.1) is 0 Å². The maximum Gasteiger partial charge on any atom is 0.237 e. The molecule has 21 heavy (non-hydrogen) atoms. The second-order valence-electron chi connectivity index (χ2n) is 4.35. The van der Waals surface area contributed by atoms with Crippen molar-refractivity contribution >= 4 is 26.8 Å². The molecule has 0 saturated carbocycles. The van der Waals surface area contributed by atoms with Crippen molar-refractivity contribution in [2.75, 3.05) is 0 Å². The molecule has 0 aliphatic rings. The standard InChI is InChI=1S/C16H8BrFN2O/c17-12-6-13(18)8-14(7-12)21-16-11(9-19)5-10-3-1-2-4-15(10)20-16/h1-8H. The van der Waals surface area contributed by atoms with Gasteiger partial charge in [-0.25, -0.2) is 9.37 Å². The van der Waals surface area contributed by atoms with Gasteiger partial charge in [0.1, 0.15) is 23.2 Å². The minimum Gasteiger partial charge on any atom is -0.438 e. The summed E-state index contributed by atoms with van der Waals surface area (Å²) in [5.41, 5.74) is 1.01. The van der Waals surface area contributed by atoms with Gasteiger partial charge in [-0.3, -0.25) is 0 Å². The number of nitrogens with zero attached hydrogens (tertiary/aromatic N) is 2. The summed E-state index contributed by atoms with van der Waals surface area (Å²) < 4.78 is 19.5. The molecule has 1 heterocycles. The lowest BCUT2D eigenvalue weighted by atomic mass is 10.1. The zero-order valence-electron chi connectivity index (χ0n) is 10.7. The Morgan fingerprint density at radius 3 is 2.71 bits per heavy atom. The quantitative estimate of drug-likeness (QED) is 0.671. The second kappa shape index (κ2) is 5.51. The van der Waals surface area contributed by atoms with Gasteiger partial charge in [0, 0.05) is 15.9 Å². The first-order chi connectivity index (χ1) is 10.2. The molecule has 102 valence electrons. The second-order valence-corrected chi connectivity index (χ2v) is 5.27. The van der Waals surface area contributed by atoms with Gasteiger partial charge < -0.3 is 4.74 Å². The van der Waals surface area contributed by atoms with Gasteiger partial charge in [0.25, 0.3) is 0 Å². The van der Waals surface area contributed by atoms with Crippen LogP contribution in [-0.2, 0) is 0 Å². The zero-order valence-corrected chi connectivity index (χ0v) is 12.3. The number of fused-ring (bicyclic) bond motifs is 1. The average molecular weight is 343 g/mol. The molecule has 1 aromatic heterocycles. The van der Waals surface area contributed by atoms with E-state index in [0.29, 0.717) is 15.6 Å². The summed E-state index contributed by atoms with van der Waals surface area (Å²) >= 11 is 3.20. The molecule has 0 aliphatic carbocycles. The van der Waals surface area contributed by atoms with Gasteiger partial charge in [0.05, 0.1) is 5.52 Å². The summed E-state index contributed by atoms with van der Waals surface area (Å²) in [5, 5.41) is 10.1. The molecule has 0 saturated heterocycles. The van der Waals surface area contributed by atoms with E-state index in [4.69, 9.17) is 4.74 Å². The van der Waals surface area contributed by atoms with Crippen LogP contribution in [0.1, 0.15) is 5.56 Å². The fourth-order valence-electron chi connectivity index (χ4n) is 1.96. The first-order valence-corrected chi connectivity index (χ1v) is 6.89. The Morgan fingerprint density at radius 2 is 1.95 bits per heavy atom. The van der Waals surface area contributed by atoms with Crippen LogP contribution in [0.4, 0.5) is 4.39 Å². The Morgan fingerprint density at radius 1 is 1.14 bits per heavy atom. The van der Waals surface area contributed by atoms with E-state index in [0.717, 1.165) is 5.39 Å². The van der Waals surface area contributed by atoms with E-state index in [1.165, 1.54) is 12.1 Å². The van der Waals surface area contributed by atoms with Crippen LogP contribution in [0.15, 0.2) is 53.0 Å². The third-order valence-electron chi connectivity index (χ3n) is 2.86. The minimum absolute atomic E-state index is 0.161. The van der Waals surface area contributed by atoms with E-state index >= 15 is 0 Å². The maximum atomic E-state index is 13.4. The van der Waals surface area contributed by atoms with E-state index in [9.17, 15) is 9.65 Å². The number of hydrogen-bond acceptors (Lipinski definition) is 3. The normalized spacial score (nSPS) is 10.3. The number of ether oxygens (including phenoxy) is 1. The summed E-state index contributed by atoms with van der Waals surface area (Å²) in [4.78, 5) is 4.32. The molecule has 0 unspecified atom stereocenters. The number of benzene rings is 2. The van der Waals surface area contributed by atoms with Gasteiger partial charge in [0.15, 0.2) is 0 Å². The van der Waals surface area contributed by atoms with Crippen LogP contribution in [0.25, 0.3) is 10.9 Å². The molecule has 0 N–H and O–H groups in total. The number of para-hydroxylation sites is 1. The summed E-state index contributed by atoms with van der Waals surface area (Å²) in [5.74, 6) is 0.00790. The lowest BCUT2D eigenvalue weighted by Crippen LogP contribution is -1.93. The largest absolute Gasteiger partial charge is 0.438 e. The van der Waals surface area contributed by atoms with Crippen LogP contribution in [0, 0.1) is 17.1 Å². The molecule has 3 aromatic rings. The molecular weight excluding hydrogens is 335 g/mol. The van der Waals surface area contributed by atoms with Crippen LogP contribution in [0.5, 0.6) is 11.6 Å². The summed E-state index contributed by atoms with van der Waals surface area (Å²) in [6.07, 6.45) is 0. The van der Waals surface area contributed by atoms with Gasteiger partial charge >= 0.3 is 0 Å².